The number of nitrogens with one attached hydrogen (secondary N) is 1. The van der Waals surface area contributed by atoms with Crippen molar-refractivity contribution in [3.63, 3.8) is 0 Å². The van der Waals surface area contributed by atoms with Crippen LogP contribution in [0.15, 0.2) is 28.8 Å². The topological polar surface area (TPSA) is 81.0 Å². The number of aryl methyl sites for hydroxylation is 1. The number of ether oxygens (including phenoxy) is 1. The third-order valence-electron chi connectivity index (χ3n) is 2.78. The lowest BCUT2D eigenvalue weighted by molar-refractivity contribution is 0.0603. The van der Waals surface area contributed by atoms with Crippen LogP contribution in [0.1, 0.15) is 16.1 Å². The lowest BCUT2D eigenvalue weighted by Crippen LogP contribution is -2.01. The summed E-state index contributed by atoms with van der Waals surface area (Å²) in [7, 11) is 1.34. The molecule has 0 aliphatic heterocycles. The molecule has 0 aliphatic carbocycles. The highest BCUT2D eigenvalue weighted by atomic mass is 16.5. The van der Waals surface area contributed by atoms with Gasteiger partial charge in [0.2, 0.25) is 5.76 Å². The average Bonchev–Trinajstić information content (AvgIpc) is 3.02. The van der Waals surface area contributed by atoms with Gasteiger partial charge in [0.05, 0.1) is 23.9 Å². The van der Waals surface area contributed by atoms with Crippen molar-refractivity contribution in [1.29, 1.82) is 0 Å². The monoisotopic (exact) mass is 257 g/mol. The van der Waals surface area contributed by atoms with Crippen LogP contribution in [-0.2, 0) is 4.74 Å². The van der Waals surface area contributed by atoms with Gasteiger partial charge in [-0.05, 0) is 19.1 Å². The fourth-order valence-corrected chi connectivity index (χ4v) is 1.90. The number of nitrogens with zero attached hydrogens (tertiary/aromatic N) is 2. The molecule has 0 atom stereocenters. The number of fused-ring (bicyclic) bond motifs is 1. The van der Waals surface area contributed by atoms with E-state index in [1.807, 2.05) is 13.0 Å². The molecule has 0 amide bonds. The summed E-state index contributed by atoms with van der Waals surface area (Å²) < 4.78 is 9.88. The first kappa shape index (κ1) is 11.5. The molecule has 2 aromatic heterocycles. The first-order valence-electron chi connectivity index (χ1n) is 5.70. The van der Waals surface area contributed by atoms with Gasteiger partial charge in [-0.15, -0.1) is 0 Å². The number of carbonyl (C=O) groups excluding carboxylic acids is 1. The van der Waals surface area contributed by atoms with E-state index in [0.717, 1.165) is 11.2 Å². The molecule has 96 valence electrons. The van der Waals surface area contributed by atoms with Crippen molar-refractivity contribution in [2.75, 3.05) is 7.11 Å². The molecule has 6 heteroatoms. The Balaban J connectivity index is 2.18. The Labute approximate surface area is 108 Å². The third-order valence-corrected chi connectivity index (χ3v) is 2.78. The quantitative estimate of drug-likeness (QED) is 0.712. The normalized spacial score (nSPS) is 10.8. The predicted octanol–water partition coefficient (Wildman–Crippen LogP) is 2.31. The Bertz CT molecular complexity index is 757. The van der Waals surface area contributed by atoms with Crippen LogP contribution in [0.4, 0.5) is 0 Å². The zero-order valence-corrected chi connectivity index (χ0v) is 10.4. The van der Waals surface area contributed by atoms with Crippen molar-refractivity contribution in [3.05, 3.63) is 35.5 Å². The maximum Gasteiger partial charge on any atom is 0.340 e. The second-order valence-corrected chi connectivity index (χ2v) is 4.11. The number of rotatable bonds is 2. The second kappa shape index (κ2) is 4.24. The molecule has 0 bridgehead atoms. The number of benzene rings is 1. The van der Waals surface area contributed by atoms with Gasteiger partial charge in [0.15, 0.2) is 5.82 Å². The third kappa shape index (κ3) is 1.87. The van der Waals surface area contributed by atoms with Crippen LogP contribution >= 0.6 is 0 Å². The Morgan fingerprint density at radius 2 is 2.26 bits per heavy atom. The number of hydrogen-bond acceptors (Lipinski definition) is 5. The van der Waals surface area contributed by atoms with E-state index < -0.39 is 5.97 Å². The largest absolute Gasteiger partial charge is 0.465 e. The van der Waals surface area contributed by atoms with E-state index in [1.54, 1.807) is 18.2 Å². The van der Waals surface area contributed by atoms with Crippen LogP contribution in [0.2, 0.25) is 0 Å². The summed E-state index contributed by atoms with van der Waals surface area (Å²) in [6.45, 7) is 1.83. The molecule has 0 fully saturated rings. The van der Waals surface area contributed by atoms with Gasteiger partial charge in [0.1, 0.15) is 5.52 Å². The summed E-state index contributed by atoms with van der Waals surface area (Å²) in [4.78, 5) is 19.1. The van der Waals surface area contributed by atoms with Crippen molar-refractivity contribution < 1.29 is 14.1 Å². The van der Waals surface area contributed by atoms with Gasteiger partial charge in [-0.2, -0.15) is 0 Å². The maximum atomic E-state index is 11.7. The van der Waals surface area contributed by atoms with Gasteiger partial charge in [-0.3, -0.25) is 0 Å². The molecule has 2 heterocycles. The zero-order valence-electron chi connectivity index (χ0n) is 10.4. The maximum absolute atomic E-state index is 11.7. The molecule has 0 spiro atoms. The van der Waals surface area contributed by atoms with E-state index in [0.29, 0.717) is 22.7 Å². The zero-order chi connectivity index (χ0) is 13.4. The van der Waals surface area contributed by atoms with Crippen LogP contribution < -0.4 is 0 Å². The van der Waals surface area contributed by atoms with E-state index in [9.17, 15) is 4.79 Å². The molecule has 0 aliphatic rings. The smallest absolute Gasteiger partial charge is 0.340 e. The van der Waals surface area contributed by atoms with Crippen molar-refractivity contribution in [2.45, 2.75) is 6.92 Å². The number of imidazole rings is 1. The first-order chi connectivity index (χ1) is 9.19. The molecule has 0 saturated carbocycles. The Hall–Kier alpha value is -2.63. The van der Waals surface area contributed by atoms with Crippen LogP contribution in [0.3, 0.4) is 0 Å². The number of aromatic amines is 1. The Morgan fingerprint density at radius 1 is 1.42 bits per heavy atom. The van der Waals surface area contributed by atoms with Crippen LogP contribution in [0.5, 0.6) is 0 Å². The standard InChI is InChI=1S/C13H11N3O3/c1-7-6-10(19-16-7)12-14-9-5-3-4-8(11(9)15-12)13(17)18-2/h3-6H,1-2H3,(H,14,15). The highest BCUT2D eigenvalue weighted by Crippen LogP contribution is 2.23. The van der Waals surface area contributed by atoms with E-state index in [1.165, 1.54) is 7.11 Å². The van der Waals surface area contributed by atoms with Crippen LogP contribution in [0.25, 0.3) is 22.6 Å². The van der Waals surface area contributed by atoms with Gasteiger partial charge in [-0.1, -0.05) is 11.2 Å². The molecule has 1 aromatic carbocycles. The molecule has 0 saturated heterocycles. The SMILES string of the molecule is COC(=O)c1cccc2[nH]c(-c3cc(C)no3)nc12. The first-order valence-corrected chi connectivity index (χ1v) is 5.70. The van der Waals surface area contributed by atoms with Gasteiger partial charge in [-0.25, -0.2) is 9.78 Å². The lowest BCUT2D eigenvalue weighted by atomic mass is 10.2. The number of aromatic nitrogens is 3. The molecule has 3 aromatic rings. The molecule has 1 N–H and O–H groups in total. The van der Waals surface area contributed by atoms with Crippen molar-refractivity contribution in [1.82, 2.24) is 15.1 Å². The Morgan fingerprint density at radius 3 is 2.95 bits per heavy atom. The van der Waals surface area contributed by atoms with E-state index in [-0.39, 0.29) is 0 Å². The minimum absolute atomic E-state index is 0.415. The van der Waals surface area contributed by atoms with E-state index >= 15 is 0 Å². The molecule has 6 nitrogen and oxygen atoms in total. The predicted molar refractivity (Wildman–Crippen MR) is 67.7 cm³/mol. The minimum Gasteiger partial charge on any atom is -0.465 e. The minimum atomic E-state index is -0.419. The molecule has 0 unspecified atom stereocenters. The summed E-state index contributed by atoms with van der Waals surface area (Å²) in [5, 5.41) is 3.81. The Kier molecular flexibility index (Phi) is 2.56. The summed E-state index contributed by atoms with van der Waals surface area (Å²) >= 11 is 0. The van der Waals surface area contributed by atoms with Crippen molar-refractivity contribution >= 4 is 17.0 Å². The van der Waals surface area contributed by atoms with E-state index in [4.69, 9.17) is 9.26 Å². The second-order valence-electron chi connectivity index (χ2n) is 4.11. The van der Waals surface area contributed by atoms with Crippen molar-refractivity contribution in [2.24, 2.45) is 0 Å². The van der Waals surface area contributed by atoms with Crippen LogP contribution in [0, 0.1) is 6.92 Å². The molecule has 19 heavy (non-hydrogen) atoms. The van der Waals surface area contributed by atoms with Gasteiger partial charge in [0, 0.05) is 6.07 Å². The summed E-state index contributed by atoms with van der Waals surface area (Å²) in [6.07, 6.45) is 0. The number of hydrogen-bond donors (Lipinski definition) is 1. The van der Waals surface area contributed by atoms with Gasteiger partial charge in [0.25, 0.3) is 0 Å². The lowest BCUT2D eigenvalue weighted by Gasteiger charge is -1.98. The fraction of sp³-hybridized carbons (Fsp3) is 0.154. The fourth-order valence-electron chi connectivity index (χ4n) is 1.90. The highest BCUT2D eigenvalue weighted by molar-refractivity contribution is 6.02. The molecule has 3 rings (SSSR count). The van der Waals surface area contributed by atoms with Crippen LogP contribution in [-0.4, -0.2) is 28.2 Å². The van der Waals surface area contributed by atoms with Crippen molar-refractivity contribution in [3.8, 4) is 11.6 Å². The summed E-state index contributed by atoms with van der Waals surface area (Å²) in [5.41, 5.74) is 2.48. The average molecular weight is 257 g/mol. The van der Waals surface area contributed by atoms with Gasteiger partial charge < -0.3 is 14.2 Å². The number of carbonyl (C=O) groups is 1. The van der Waals surface area contributed by atoms with E-state index in [2.05, 4.69) is 15.1 Å². The molecular formula is C13H11N3O3. The summed E-state index contributed by atoms with van der Waals surface area (Å²) in [6, 6.07) is 7.05. The molecule has 0 radical (unpaired) electrons. The number of para-hydroxylation sites is 1. The molecular weight excluding hydrogens is 246 g/mol. The van der Waals surface area contributed by atoms with Gasteiger partial charge >= 0.3 is 5.97 Å². The number of esters is 1. The summed E-state index contributed by atoms with van der Waals surface area (Å²) in [5.74, 6) is 0.647. The highest BCUT2D eigenvalue weighted by Gasteiger charge is 2.16. The number of H-pyrrole nitrogens is 1. The number of methoxy groups -OCH3 is 1.